The lowest BCUT2D eigenvalue weighted by atomic mass is 10.3. The lowest BCUT2D eigenvalue weighted by Crippen LogP contribution is -2.09. The average molecular weight is 348 g/mol. The van der Waals surface area contributed by atoms with Crippen LogP contribution in [0.4, 0.5) is 11.5 Å². The molecule has 1 aromatic heterocycles. The minimum Gasteiger partial charge on any atom is -0.339 e. The first kappa shape index (κ1) is 11.4. The monoisotopic (exact) mass is 347 g/mol. The maximum Gasteiger partial charge on any atom is 0.271 e. The molecular weight excluding hydrogens is 340 g/mol. The molecule has 1 heterocycles. The van der Waals surface area contributed by atoms with Gasteiger partial charge in [0.2, 0.25) is 0 Å². The van der Waals surface area contributed by atoms with E-state index < -0.39 is 0 Å². The summed E-state index contributed by atoms with van der Waals surface area (Å²) in [5, 5.41) is 3.04. The number of aromatic amines is 1. The van der Waals surface area contributed by atoms with Crippen molar-refractivity contribution in [3.05, 3.63) is 49.5 Å². The highest BCUT2D eigenvalue weighted by Gasteiger charge is 2.05. The summed E-state index contributed by atoms with van der Waals surface area (Å²) in [5.41, 5.74) is 0.483. The van der Waals surface area contributed by atoms with Crippen LogP contribution in [-0.4, -0.2) is 9.97 Å². The van der Waals surface area contributed by atoms with Crippen LogP contribution >= 0.6 is 34.2 Å². The first-order chi connectivity index (χ1) is 7.66. The normalized spacial score (nSPS) is 10.1. The van der Waals surface area contributed by atoms with E-state index in [0.29, 0.717) is 5.82 Å². The second kappa shape index (κ2) is 4.84. The molecule has 4 nitrogen and oxygen atoms in total. The van der Waals surface area contributed by atoms with Gasteiger partial charge in [0.25, 0.3) is 5.56 Å². The van der Waals surface area contributed by atoms with Crippen molar-refractivity contribution in [1.29, 1.82) is 0 Å². The third-order valence-electron chi connectivity index (χ3n) is 1.88. The van der Waals surface area contributed by atoms with Gasteiger partial charge in [-0.05, 0) is 40.8 Å². The van der Waals surface area contributed by atoms with Crippen LogP contribution < -0.4 is 10.9 Å². The number of rotatable bonds is 2. The minimum absolute atomic E-state index is 0.0568. The number of halogens is 2. The highest BCUT2D eigenvalue weighted by Crippen LogP contribution is 2.20. The van der Waals surface area contributed by atoms with Gasteiger partial charge >= 0.3 is 0 Å². The maximum atomic E-state index is 11.2. The first-order valence-corrected chi connectivity index (χ1v) is 5.88. The van der Waals surface area contributed by atoms with Crippen LogP contribution in [0.3, 0.4) is 0 Å². The molecule has 0 fully saturated rings. The number of benzene rings is 1. The minimum atomic E-state index is -0.357. The Morgan fingerprint density at radius 2 is 2.25 bits per heavy atom. The summed E-state index contributed by atoms with van der Waals surface area (Å²) in [5.74, 6) is 0.354. The molecule has 6 heteroatoms. The molecule has 0 spiro atoms. The summed E-state index contributed by atoms with van der Waals surface area (Å²) in [7, 11) is 0. The number of anilines is 2. The predicted molar refractivity (Wildman–Crippen MR) is 72.3 cm³/mol. The second-order valence-corrected chi connectivity index (χ2v) is 4.65. The van der Waals surface area contributed by atoms with E-state index in [-0.39, 0.29) is 10.6 Å². The number of hydrogen-bond acceptors (Lipinski definition) is 3. The Hall–Kier alpha value is -1.08. The van der Waals surface area contributed by atoms with E-state index in [9.17, 15) is 4.79 Å². The highest BCUT2D eigenvalue weighted by molar-refractivity contribution is 14.1. The molecule has 2 rings (SSSR count). The summed E-state index contributed by atoms with van der Waals surface area (Å²) in [4.78, 5) is 17.6. The van der Waals surface area contributed by atoms with Crippen LogP contribution in [0.2, 0.25) is 5.02 Å². The van der Waals surface area contributed by atoms with Crippen molar-refractivity contribution in [3.63, 3.8) is 0 Å². The van der Waals surface area contributed by atoms with Crippen molar-refractivity contribution in [2.75, 3.05) is 5.32 Å². The fraction of sp³-hybridized carbons (Fsp3) is 0. The Morgan fingerprint density at radius 1 is 1.44 bits per heavy atom. The van der Waals surface area contributed by atoms with Gasteiger partial charge in [0, 0.05) is 9.26 Å². The quantitative estimate of drug-likeness (QED) is 0.821. The molecule has 1 aromatic carbocycles. The largest absolute Gasteiger partial charge is 0.339 e. The van der Waals surface area contributed by atoms with Crippen LogP contribution in [0.5, 0.6) is 0 Å². The van der Waals surface area contributed by atoms with E-state index in [4.69, 9.17) is 11.6 Å². The molecule has 2 N–H and O–H groups in total. The second-order valence-electron chi connectivity index (χ2n) is 3.03. The van der Waals surface area contributed by atoms with Gasteiger partial charge in [-0.3, -0.25) is 4.79 Å². The molecule has 0 atom stereocenters. The van der Waals surface area contributed by atoms with Gasteiger partial charge in [0.05, 0.1) is 6.33 Å². The molecule has 0 unspecified atom stereocenters. The van der Waals surface area contributed by atoms with E-state index in [1.165, 1.54) is 6.33 Å². The lowest BCUT2D eigenvalue weighted by Gasteiger charge is -2.06. The van der Waals surface area contributed by atoms with Crippen LogP contribution in [0, 0.1) is 3.57 Å². The zero-order valence-corrected chi connectivity index (χ0v) is 10.9. The molecule has 82 valence electrons. The van der Waals surface area contributed by atoms with Gasteiger partial charge in [-0.2, -0.15) is 0 Å². The van der Waals surface area contributed by atoms with E-state index in [1.807, 2.05) is 24.3 Å². The van der Waals surface area contributed by atoms with Gasteiger partial charge in [-0.15, -0.1) is 0 Å². The maximum absolute atomic E-state index is 11.2. The molecule has 0 saturated heterocycles. The average Bonchev–Trinajstić information content (AvgIpc) is 2.25. The Morgan fingerprint density at radius 3 is 3.00 bits per heavy atom. The zero-order chi connectivity index (χ0) is 11.5. The Labute approximate surface area is 110 Å². The van der Waals surface area contributed by atoms with Gasteiger partial charge < -0.3 is 10.3 Å². The van der Waals surface area contributed by atoms with E-state index >= 15 is 0 Å². The Bertz CT molecular complexity index is 570. The predicted octanol–water partition coefficient (Wildman–Crippen LogP) is 2.77. The standard InChI is InChI=1S/C10H7ClIN3O/c11-8-9(13-5-14-10(8)16)15-7-3-1-2-6(12)4-7/h1-5H,(H2,13,14,15,16). The van der Waals surface area contributed by atoms with Crippen molar-refractivity contribution >= 4 is 45.7 Å². The summed E-state index contributed by atoms with van der Waals surface area (Å²) >= 11 is 8.01. The fourth-order valence-corrected chi connectivity index (χ4v) is 1.87. The van der Waals surface area contributed by atoms with Crippen molar-refractivity contribution < 1.29 is 0 Å². The fourth-order valence-electron chi connectivity index (χ4n) is 1.17. The number of aromatic nitrogens is 2. The molecule has 0 aliphatic carbocycles. The Kier molecular flexibility index (Phi) is 3.45. The Balaban J connectivity index is 2.34. The topological polar surface area (TPSA) is 57.8 Å². The third kappa shape index (κ3) is 2.53. The molecule has 2 aromatic rings. The van der Waals surface area contributed by atoms with Crippen LogP contribution in [-0.2, 0) is 0 Å². The summed E-state index contributed by atoms with van der Waals surface area (Å²) in [6, 6.07) is 7.69. The van der Waals surface area contributed by atoms with Gasteiger partial charge in [-0.1, -0.05) is 17.7 Å². The van der Waals surface area contributed by atoms with Gasteiger partial charge in [0.1, 0.15) is 5.02 Å². The van der Waals surface area contributed by atoms with Crippen molar-refractivity contribution in [3.8, 4) is 0 Å². The molecule has 0 radical (unpaired) electrons. The van der Waals surface area contributed by atoms with Crippen molar-refractivity contribution in [2.45, 2.75) is 0 Å². The number of nitrogens with zero attached hydrogens (tertiary/aromatic N) is 1. The third-order valence-corrected chi connectivity index (χ3v) is 2.91. The molecule has 0 aliphatic rings. The molecule has 0 saturated carbocycles. The van der Waals surface area contributed by atoms with Crippen molar-refractivity contribution in [1.82, 2.24) is 9.97 Å². The van der Waals surface area contributed by atoms with Gasteiger partial charge in [0.15, 0.2) is 5.82 Å². The lowest BCUT2D eigenvalue weighted by molar-refractivity contribution is 1.12. The number of hydrogen-bond donors (Lipinski definition) is 2. The molecular formula is C10H7ClIN3O. The summed E-state index contributed by atoms with van der Waals surface area (Å²) < 4.78 is 1.09. The number of H-pyrrole nitrogens is 1. The first-order valence-electron chi connectivity index (χ1n) is 4.42. The molecule has 16 heavy (non-hydrogen) atoms. The van der Waals surface area contributed by atoms with Crippen LogP contribution in [0.25, 0.3) is 0 Å². The molecule has 0 bridgehead atoms. The number of nitrogens with one attached hydrogen (secondary N) is 2. The van der Waals surface area contributed by atoms with Crippen LogP contribution in [0.15, 0.2) is 35.4 Å². The zero-order valence-electron chi connectivity index (χ0n) is 8.00. The van der Waals surface area contributed by atoms with E-state index in [0.717, 1.165) is 9.26 Å². The smallest absolute Gasteiger partial charge is 0.271 e. The molecule has 0 amide bonds. The molecule has 0 aliphatic heterocycles. The van der Waals surface area contributed by atoms with Crippen LogP contribution in [0.1, 0.15) is 0 Å². The van der Waals surface area contributed by atoms with Crippen molar-refractivity contribution in [2.24, 2.45) is 0 Å². The van der Waals surface area contributed by atoms with Gasteiger partial charge in [-0.25, -0.2) is 4.98 Å². The highest BCUT2D eigenvalue weighted by atomic mass is 127. The summed E-state index contributed by atoms with van der Waals surface area (Å²) in [6.07, 6.45) is 1.31. The van der Waals surface area contributed by atoms with E-state index in [1.54, 1.807) is 0 Å². The SMILES string of the molecule is O=c1[nH]cnc(Nc2cccc(I)c2)c1Cl. The van der Waals surface area contributed by atoms with E-state index in [2.05, 4.69) is 37.9 Å². The summed E-state index contributed by atoms with van der Waals surface area (Å²) in [6.45, 7) is 0.